The highest BCUT2D eigenvalue weighted by molar-refractivity contribution is 7.27. The molecule has 7 aromatic heterocycles. The minimum Gasteiger partial charge on any atom is -0.264 e. The van der Waals surface area contributed by atoms with Gasteiger partial charge in [0.1, 0.15) is 0 Å². The Balaban J connectivity index is 0.000000114. The van der Waals surface area contributed by atoms with Gasteiger partial charge in [0.05, 0.1) is 0 Å². The summed E-state index contributed by atoms with van der Waals surface area (Å²) in [6, 6.07) is 115. The van der Waals surface area contributed by atoms with Gasteiger partial charge in [-0.15, -0.1) is 34.0 Å². The third kappa shape index (κ3) is 13.8. The number of benzene rings is 14. The zero-order chi connectivity index (χ0) is 75.0. The van der Waals surface area contributed by atoms with Crippen LogP contribution in [0.3, 0.4) is 0 Å². The molecule has 0 aliphatic heterocycles. The summed E-state index contributed by atoms with van der Waals surface area (Å²) in [6.07, 6.45) is 3.68. The normalized spacial score (nSPS) is 11.3. The summed E-state index contributed by atoms with van der Waals surface area (Å²) in [4.78, 5) is 45.6. The van der Waals surface area contributed by atoms with E-state index in [0.29, 0.717) is 34.9 Å². The van der Waals surface area contributed by atoms with Crippen molar-refractivity contribution in [3.63, 3.8) is 0 Å². The van der Waals surface area contributed by atoms with E-state index in [-0.39, 0.29) is 15.9 Å². The van der Waals surface area contributed by atoms with Crippen molar-refractivity contribution in [1.82, 2.24) is 49.8 Å². The lowest BCUT2D eigenvalue weighted by Gasteiger charge is -2.09. The SMILES string of the molecule is Clc1nc(-c2ccc3ccccc3c2)nc(-c2cccc3c2sc2cccc(-c4cccc(-c5ccccc5)c4)c23)n1.Clc1nc(-c2ccccc2)nc(-c2cccc3c2sc2c(-c4ccc(-c5cccnc5)cc4)cccc23)n1.Clc1nc(-c2ccccc2)nc(-c2cccc3c2sc2cccc(-c4ccccc4)c23)n1. The van der Waals surface area contributed by atoms with Crippen LogP contribution in [0.2, 0.25) is 15.9 Å². The van der Waals surface area contributed by atoms with Gasteiger partial charge < -0.3 is 0 Å². The predicted octanol–water partition coefficient (Wildman–Crippen LogP) is 27.6. The Kier molecular flexibility index (Phi) is 18.9. The van der Waals surface area contributed by atoms with E-state index in [1.54, 1.807) is 40.2 Å². The third-order valence-corrected chi connectivity index (χ3v) is 23.9. The predicted molar refractivity (Wildman–Crippen MR) is 468 cm³/mol. The fraction of sp³-hybridized carbons (Fsp3) is 0. The molecule has 0 spiro atoms. The molecule has 14 aromatic carbocycles. The van der Waals surface area contributed by atoms with Crippen molar-refractivity contribution in [3.8, 4) is 124 Å². The molecular weight excluding hydrogens is 1500 g/mol. The molecule has 10 nitrogen and oxygen atoms in total. The molecule has 0 N–H and O–H groups in total. The van der Waals surface area contributed by atoms with Crippen LogP contribution in [-0.2, 0) is 0 Å². The molecule has 112 heavy (non-hydrogen) atoms. The van der Waals surface area contributed by atoms with E-state index in [1.165, 1.54) is 96.3 Å². The van der Waals surface area contributed by atoms with Crippen molar-refractivity contribution in [2.24, 2.45) is 0 Å². The maximum absolute atomic E-state index is 6.51. The van der Waals surface area contributed by atoms with Crippen molar-refractivity contribution in [2.75, 3.05) is 0 Å². The summed E-state index contributed by atoms with van der Waals surface area (Å²) in [5, 5.41) is 10.1. The van der Waals surface area contributed by atoms with Crippen LogP contribution in [-0.4, -0.2) is 49.8 Å². The molecule has 0 aliphatic rings. The van der Waals surface area contributed by atoms with Gasteiger partial charge in [0.15, 0.2) is 34.9 Å². The molecule has 0 saturated carbocycles. The Morgan fingerprint density at radius 1 is 0.205 bits per heavy atom. The summed E-state index contributed by atoms with van der Waals surface area (Å²) >= 11 is 24.5. The van der Waals surface area contributed by atoms with Crippen LogP contribution in [0, 0.1) is 0 Å². The first-order valence-corrected chi connectivity index (χ1v) is 39.7. The highest BCUT2D eigenvalue weighted by Crippen LogP contribution is 2.48. The number of aromatic nitrogens is 10. The topological polar surface area (TPSA) is 129 Å². The molecule has 16 heteroatoms. The Morgan fingerprint density at radius 2 is 0.562 bits per heavy atom. The van der Waals surface area contributed by atoms with Crippen molar-refractivity contribution < 1.29 is 0 Å². The van der Waals surface area contributed by atoms with Crippen molar-refractivity contribution in [3.05, 3.63) is 362 Å². The molecule has 0 fully saturated rings. The number of fused-ring (bicyclic) bond motifs is 10. The van der Waals surface area contributed by atoms with Gasteiger partial charge in [-0.05, 0) is 150 Å². The number of thiophene rings is 3. The van der Waals surface area contributed by atoms with E-state index in [0.717, 1.165) is 64.0 Å². The standard InChI is InChI=1S/C37H22ClN3S.C32H19ClN4S.C27H16ClN3S/c38-37-40-35(28-20-19-24-11-4-5-12-25(24)22-28)39-36(41-37)31-17-7-16-30-33-29(15-8-18-32(33)42-34(30)31)27-14-6-13-26(21-27)23-9-2-1-3-10-23;33-32-36-30(22-7-2-1-3-8-22)35-31(37-32)27-13-5-12-26-25-11-4-10-24(28(25)38-29(26)27)21-16-14-20(15-17-21)23-9-6-18-34-19-23;28-27-30-25(18-11-5-2-6-12-18)29-26(31-27)21-15-7-14-20-23-19(17-9-3-1-4-10-17)13-8-16-22(23)32-24(20)21/h1-22H;1-19H;1-16H. The van der Waals surface area contributed by atoms with Gasteiger partial charge in [0.2, 0.25) is 15.9 Å². The highest BCUT2D eigenvalue weighted by Gasteiger charge is 2.22. The number of rotatable bonds is 11. The van der Waals surface area contributed by atoms with Crippen LogP contribution in [0.4, 0.5) is 0 Å². The van der Waals surface area contributed by atoms with Crippen LogP contribution in [0.1, 0.15) is 0 Å². The molecule has 0 atom stereocenters. The first-order chi connectivity index (χ1) is 55.2. The van der Waals surface area contributed by atoms with E-state index >= 15 is 0 Å². The number of halogens is 3. The molecule has 21 rings (SSSR count). The van der Waals surface area contributed by atoms with Crippen molar-refractivity contribution >= 4 is 140 Å². The lowest BCUT2D eigenvalue weighted by molar-refractivity contribution is 1.07. The molecule has 0 unspecified atom stereocenters. The molecule has 0 aliphatic carbocycles. The third-order valence-electron chi connectivity index (χ3n) is 19.7. The van der Waals surface area contributed by atoms with E-state index in [1.807, 2.05) is 103 Å². The molecule has 0 amide bonds. The van der Waals surface area contributed by atoms with E-state index in [2.05, 4.69) is 271 Å². The highest BCUT2D eigenvalue weighted by atomic mass is 35.5. The fourth-order valence-electron chi connectivity index (χ4n) is 14.5. The first-order valence-electron chi connectivity index (χ1n) is 36.1. The quantitative estimate of drug-likeness (QED) is 0.123. The maximum atomic E-state index is 6.51. The van der Waals surface area contributed by atoms with E-state index in [4.69, 9.17) is 49.8 Å². The average molecular weight is 1550 g/mol. The Labute approximate surface area is 670 Å². The number of pyridine rings is 1. The van der Waals surface area contributed by atoms with E-state index in [9.17, 15) is 0 Å². The molecule has 0 radical (unpaired) electrons. The second-order valence-corrected chi connectivity index (χ2v) is 30.7. The second-order valence-electron chi connectivity index (χ2n) is 26.6. The maximum Gasteiger partial charge on any atom is 0.226 e. The van der Waals surface area contributed by atoms with Crippen LogP contribution in [0.25, 0.3) is 195 Å². The molecular formula is C96H57Cl3N10S3. The number of hydrogen-bond donors (Lipinski definition) is 0. The molecule has 7 heterocycles. The number of nitrogens with zero attached hydrogens (tertiary/aromatic N) is 10. The average Bonchev–Trinajstić information content (AvgIpc) is 1.60. The van der Waals surface area contributed by atoms with Gasteiger partial charge in [0, 0.05) is 106 Å². The lowest BCUT2D eigenvalue weighted by atomic mass is 9.95. The Bertz CT molecular complexity index is 7110. The van der Waals surface area contributed by atoms with Crippen molar-refractivity contribution in [1.29, 1.82) is 0 Å². The zero-order valence-electron chi connectivity index (χ0n) is 59.2. The Hall–Kier alpha value is -13.0. The van der Waals surface area contributed by atoms with Gasteiger partial charge in [-0.1, -0.05) is 285 Å². The van der Waals surface area contributed by atoms with E-state index < -0.39 is 0 Å². The molecule has 0 bridgehead atoms. The molecule has 0 saturated heterocycles. The van der Waals surface area contributed by atoms with Gasteiger partial charge in [-0.25, -0.2) is 15.0 Å². The second kappa shape index (κ2) is 30.5. The minimum atomic E-state index is 0.180. The molecule has 21 aromatic rings. The summed E-state index contributed by atoms with van der Waals surface area (Å²) in [5.41, 5.74) is 17.4. The van der Waals surface area contributed by atoms with Crippen LogP contribution >= 0.6 is 68.8 Å². The smallest absolute Gasteiger partial charge is 0.226 e. The van der Waals surface area contributed by atoms with Gasteiger partial charge in [0.25, 0.3) is 0 Å². The summed E-state index contributed by atoms with van der Waals surface area (Å²) < 4.78 is 7.08. The summed E-state index contributed by atoms with van der Waals surface area (Å²) in [7, 11) is 0. The van der Waals surface area contributed by atoms with Crippen molar-refractivity contribution in [2.45, 2.75) is 0 Å². The molecule has 530 valence electrons. The zero-order valence-corrected chi connectivity index (χ0v) is 64.0. The monoisotopic (exact) mass is 1550 g/mol. The van der Waals surface area contributed by atoms with Crippen LogP contribution < -0.4 is 0 Å². The summed E-state index contributed by atoms with van der Waals surface area (Å²) in [5.74, 6) is 3.43. The largest absolute Gasteiger partial charge is 0.264 e. The lowest BCUT2D eigenvalue weighted by Crippen LogP contribution is -1.97. The number of hydrogen-bond acceptors (Lipinski definition) is 13. The first kappa shape index (κ1) is 69.5. The van der Waals surface area contributed by atoms with Crippen LogP contribution in [0.5, 0.6) is 0 Å². The van der Waals surface area contributed by atoms with Crippen LogP contribution in [0.15, 0.2) is 346 Å². The summed E-state index contributed by atoms with van der Waals surface area (Å²) in [6.45, 7) is 0. The Morgan fingerprint density at radius 3 is 1.09 bits per heavy atom. The van der Waals surface area contributed by atoms with Gasteiger partial charge in [-0.2, -0.15) is 29.9 Å². The van der Waals surface area contributed by atoms with Gasteiger partial charge >= 0.3 is 0 Å². The fourth-order valence-corrected chi connectivity index (χ4v) is 18.8. The minimum absolute atomic E-state index is 0.180. The van der Waals surface area contributed by atoms with Gasteiger partial charge in [-0.3, -0.25) is 4.98 Å².